The zero-order valence-corrected chi connectivity index (χ0v) is 8.87. The van der Waals surface area contributed by atoms with Crippen molar-refractivity contribution in [1.82, 2.24) is 0 Å². The van der Waals surface area contributed by atoms with Crippen LogP contribution in [0.5, 0.6) is 5.75 Å². The molecule has 0 bridgehead atoms. The van der Waals surface area contributed by atoms with Crippen molar-refractivity contribution in [3.8, 4) is 5.75 Å². The van der Waals surface area contributed by atoms with Gasteiger partial charge < -0.3 is 20.1 Å². The second kappa shape index (κ2) is 5.86. The molecule has 92 valence electrons. The second-order valence-electron chi connectivity index (χ2n) is 3.39. The highest BCUT2D eigenvalue weighted by atomic mass is 16.5. The number of hydrogen-bond acceptors (Lipinski definition) is 4. The van der Waals surface area contributed by atoms with Crippen LogP contribution < -0.4 is 4.74 Å². The number of carboxylic acids is 2. The maximum atomic E-state index is 10.6. The number of rotatable bonds is 6. The molecule has 0 heterocycles. The Morgan fingerprint density at radius 2 is 1.76 bits per heavy atom. The molecule has 0 amide bonds. The highest BCUT2D eigenvalue weighted by Gasteiger charge is 2.10. The molecule has 0 radical (unpaired) electrons. The van der Waals surface area contributed by atoms with Crippen LogP contribution in [-0.4, -0.2) is 40.0 Å². The number of carboxylic acid groups (broad SMARTS) is 2. The molecule has 1 atom stereocenters. The molecule has 0 spiro atoms. The fraction of sp³-hybridized carbons (Fsp3) is 0.273. The Kier molecular flexibility index (Phi) is 4.47. The van der Waals surface area contributed by atoms with E-state index in [4.69, 9.17) is 14.9 Å². The maximum Gasteiger partial charge on any atom is 0.335 e. The van der Waals surface area contributed by atoms with Gasteiger partial charge in [0.15, 0.2) is 0 Å². The smallest absolute Gasteiger partial charge is 0.335 e. The molecule has 0 aliphatic rings. The summed E-state index contributed by atoms with van der Waals surface area (Å²) in [5.41, 5.74) is 0.128. The van der Waals surface area contributed by atoms with E-state index in [-0.39, 0.29) is 12.2 Å². The van der Waals surface area contributed by atoms with Gasteiger partial charge in [0.25, 0.3) is 0 Å². The van der Waals surface area contributed by atoms with Crippen molar-refractivity contribution in [3.05, 3.63) is 29.8 Å². The first-order chi connectivity index (χ1) is 7.99. The summed E-state index contributed by atoms with van der Waals surface area (Å²) in [6, 6.07) is 5.61. The number of aliphatic hydroxyl groups is 1. The van der Waals surface area contributed by atoms with E-state index in [1.54, 1.807) is 0 Å². The molecule has 6 nitrogen and oxygen atoms in total. The molecule has 1 rings (SSSR count). The zero-order valence-electron chi connectivity index (χ0n) is 8.87. The van der Waals surface area contributed by atoms with Crippen LogP contribution in [0.3, 0.4) is 0 Å². The first kappa shape index (κ1) is 13.0. The van der Waals surface area contributed by atoms with Crippen molar-refractivity contribution in [2.24, 2.45) is 0 Å². The largest absolute Gasteiger partial charge is 0.491 e. The Labute approximate surface area is 97.1 Å². The molecule has 0 aromatic heterocycles. The predicted molar refractivity (Wildman–Crippen MR) is 57.2 cm³/mol. The fourth-order valence-corrected chi connectivity index (χ4v) is 1.15. The van der Waals surface area contributed by atoms with E-state index >= 15 is 0 Å². The molecule has 1 unspecified atom stereocenters. The molecule has 0 saturated carbocycles. The van der Waals surface area contributed by atoms with Crippen LogP contribution in [0.4, 0.5) is 0 Å². The molecule has 0 fully saturated rings. The lowest BCUT2D eigenvalue weighted by Crippen LogP contribution is -2.21. The van der Waals surface area contributed by atoms with Gasteiger partial charge >= 0.3 is 11.9 Å². The maximum absolute atomic E-state index is 10.6. The molecule has 17 heavy (non-hydrogen) atoms. The van der Waals surface area contributed by atoms with Crippen LogP contribution in [-0.2, 0) is 4.79 Å². The number of aliphatic hydroxyl groups excluding tert-OH is 1. The lowest BCUT2D eigenvalue weighted by Gasteiger charge is -2.10. The summed E-state index contributed by atoms with van der Waals surface area (Å²) in [5.74, 6) is -1.77. The number of hydrogen-bond donors (Lipinski definition) is 3. The van der Waals surface area contributed by atoms with Crippen molar-refractivity contribution < 1.29 is 29.6 Å². The fourth-order valence-electron chi connectivity index (χ4n) is 1.15. The van der Waals surface area contributed by atoms with Gasteiger partial charge in [-0.3, -0.25) is 4.79 Å². The summed E-state index contributed by atoms with van der Waals surface area (Å²) >= 11 is 0. The standard InChI is InChI=1S/C11H12O6/c12-8(5-10(13)14)6-17-9-3-1-7(2-4-9)11(15)16/h1-4,8,12H,5-6H2,(H,13,14)(H,15,16). The topological polar surface area (TPSA) is 104 Å². The molecule has 0 aliphatic heterocycles. The van der Waals surface area contributed by atoms with E-state index in [0.717, 1.165) is 0 Å². The molecule has 0 saturated heterocycles. The summed E-state index contributed by atoms with van der Waals surface area (Å²) < 4.78 is 5.10. The average Bonchev–Trinajstić information content (AvgIpc) is 2.26. The van der Waals surface area contributed by atoms with Gasteiger partial charge in [-0.05, 0) is 24.3 Å². The quantitative estimate of drug-likeness (QED) is 0.672. The van der Waals surface area contributed by atoms with Crippen LogP contribution in [0.2, 0.25) is 0 Å². The van der Waals surface area contributed by atoms with E-state index in [0.29, 0.717) is 5.75 Å². The molecular formula is C11H12O6. The first-order valence-corrected chi connectivity index (χ1v) is 4.85. The summed E-state index contributed by atoms with van der Waals surface area (Å²) in [6.07, 6.45) is -1.49. The minimum absolute atomic E-state index is 0.128. The van der Waals surface area contributed by atoms with E-state index in [9.17, 15) is 14.7 Å². The molecule has 1 aromatic rings. The van der Waals surface area contributed by atoms with Gasteiger partial charge in [0.1, 0.15) is 12.4 Å². The molecule has 6 heteroatoms. The van der Waals surface area contributed by atoms with Crippen LogP contribution in [0.25, 0.3) is 0 Å². The normalized spacial score (nSPS) is 11.8. The third-order valence-electron chi connectivity index (χ3n) is 1.95. The third-order valence-corrected chi connectivity index (χ3v) is 1.95. The number of benzene rings is 1. The Morgan fingerprint density at radius 1 is 1.18 bits per heavy atom. The summed E-state index contributed by atoms with van der Waals surface area (Å²) in [5, 5.41) is 26.3. The molecule has 1 aromatic carbocycles. The summed E-state index contributed by atoms with van der Waals surface area (Å²) in [4.78, 5) is 20.8. The van der Waals surface area contributed by atoms with Crippen LogP contribution in [0.15, 0.2) is 24.3 Å². The minimum atomic E-state index is -1.11. The predicted octanol–water partition coefficient (Wildman–Crippen LogP) is 0.599. The number of carbonyl (C=O) groups is 2. The van der Waals surface area contributed by atoms with E-state index in [1.165, 1.54) is 24.3 Å². The van der Waals surface area contributed by atoms with Gasteiger partial charge in [-0.2, -0.15) is 0 Å². The monoisotopic (exact) mass is 240 g/mol. The zero-order chi connectivity index (χ0) is 12.8. The average molecular weight is 240 g/mol. The van der Waals surface area contributed by atoms with E-state index in [1.807, 2.05) is 0 Å². The van der Waals surface area contributed by atoms with Crippen molar-refractivity contribution in [1.29, 1.82) is 0 Å². The number of aliphatic carboxylic acids is 1. The third kappa shape index (κ3) is 4.52. The van der Waals surface area contributed by atoms with Crippen LogP contribution in [0, 0.1) is 0 Å². The minimum Gasteiger partial charge on any atom is -0.491 e. The van der Waals surface area contributed by atoms with Gasteiger partial charge in [-0.15, -0.1) is 0 Å². The van der Waals surface area contributed by atoms with E-state index < -0.39 is 24.5 Å². The van der Waals surface area contributed by atoms with Gasteiger partial charge in [0, 0.05) is 0 Å². The van der Waals surface area contributed by atoms with Gasteiger partial charge in [0.05, 0.1) is 18.1 Å². The molecule has 3 N–H and O–H groups in total. The molecule has 0 aliphatic carbocycles. The van der Waals surface area contributed by atoms with Crippen molar-refractivity contribution in [3.63, 3.8) is 0 Å². The first-order valence-electron chi connectivity index (χ1n) is 4.85. The van der Waals surface area contributed by atoms with Gasteiger partial charge in [-0.1, -0.05) is 0 Å². The van der Waals surface area contributed by atoms with Crippen molar-refractivity contribution in [2.45, 2.75) is 12.5 Å². The number of aromatic carboxylic acids is 1. The van der Waals surface area contributed by atoms with Gasteiger partial charge in [0.2, 0.25) is 0 Å². The molecular weight excluding hydrogens is 228 g/mol. The number of ether oxygens (including phenoxy) is 1. The van der Waals surface area contributed by atoms with Crippen molar-refractivity contribution in [2.75, 3.05) is 6.61 Å². The SMILES string of the molecule is O=C(O)CC(O)COc1ccc(C(=O)O)cc1. The second-order valence-corrected chi connectivity index (χ2v) is 3.39. The lowest BCUT2D eigenvalue weighted by molar-refractivity contribution is -0.139. The van der Waals surface area contributed by atoms with Gasteiger partial charge in [-0.25, -0.2) is 4.79 Å². The van der Waals surface area contributed by atoms with Crippen molar-refractivity contribution >= 4 is 11.9 Å². The Hall–Kier alpha value is -2.08. The van der Waals surface area contributed by atoms with Crippen LogP contribution >= 0.6 is 0 Å². The van der Waals surface area contributed by atoms with E-state index in [2.05, 4.69) is 0 Å². The Bertz CT molecular complexity index is 397. The lowest BCUT2D eigenvalue weighted by atomic mass is 10.2. The highest BCUT2D eigenvalue weighted by molar-refractivity contribution is 5.87. The Morgan fingerprint density at radius 3 is 2.24 bits per heavy atom. The summed E-state index contributed by atoms with van der Waals surface area (Å²) in [6.45, 7) is -0.154. The van der Waals surface area contributed by atoms with Crippen LogP contribution in [0.1, 0.15) is 16.8 Å². The Balaban J connectivity index is 2.47. The highest BCUT2D eigenvalue weighted by Crippen LogP contribution is 2.12. The summed E-state index contributed by atoms with van der Waals surface area (Å²) in [7, 11) is 0.